The van der Waals surface area contributed by atoms with Crippen LogP contribution in [0.5, 0.6) is 0 Å². The van der Waals surface area contributed by atoms with Crippen molar-refractivity contribution in [3.05, 3.63) is 41.1 Å². The van der Waals surface area contributed by atoms with E-state index in [9.17, 15) is 13.2 Å². The van der Waals surface area contributed by atoms with Gasteiger partial charge in [-0.15, -0.1) is 0 Å². The molecule has 2 nitrogen and oxygen atoms in total. The van der Waals surface area contributed by atoms with Crippen molar-refractivity contribution in [1.82, 2.24) is 0 Å². The zero-order valence-electron chi connectivity index (χ0n) is 10.1. The first-order valence-corrected chi connectivity index (χ1v) is 5.64. The molecule has 0 saturated heterocycles. The summed E-state index contributed by atoms with van der Waals surface area (Å²) >= 11 is 5.85. The van der Waals surface area contributed by atoms with Gasteiger partial charge in [-0.1, -0.05) is 37.3 Å². The quantitative estimate of drug-likeness (QED) is 0.420. The molecule has 0 heterocycles. The first-order chi connectivity index (χ1) is 8.36. The smallest absolute Gasteiger partial charge is 0.494 e. The van der Waals surface area contributed by atoms with Crippen LogP contribution in [0.3, 0.4) is 0 Å². The third-order valence-corrected chi connectivity index (χ3v) is 2.61. The number of halogens is 5. The predicted octanol–water partition coefficient (Wildman–Crippen LogP) is -0.992. The molecule has 1 rings (SSSR count). The van der Waals surface area contributed by atoms with Gasteiger partial charge in [0, 0.05) is 5.57 Å². The zero-order chi connectivity index (χ0) is 13.8. The summed E-state index contributed by atoms with van der Waals surface area (Å²) in [4.78, 5) is 1.98. The normalized spacial score (nSPS) is 13.6. The standard InChI is InChI=1S/C12H12ClF3N2.ClH/c1-2-9(8-6-4-3-5-7-8)10(13)18-11(17)12(14,15)16;/h3-7H,2H2,1H3,(H2,17,18);1H/b10-9+;. The maximum Gasteiger partial charge on any atom is 0.494 e. The molecule has 0 aromatic heterocycles. The lowest BCUT2D eigenvalue weighted by Gasteiger charge is -2.05. The fourth-order valence-electron chi connectivity index (χ4n) is 1.39. The molecule has 0 atom stereocenters. The van der Waals surface area contributed by atoms with Crippen LogP contribution < -0.4 is 23.1 Å². The molecule has 0 unspecified atom stereocenters. The van der Waals surface area contributed by atoms with Gasteiger partial charge in [-0.05, 0) is 23.6 Å². The van der Waals surface area contributed by atoms with Gasteiger partial charge in [0.15, 0.2) is 5.16 Å². The summed E-state index contributed by atoms with van der Waals surface area (Å²) in [5.74, 6) is -1.32. The van der Waals surface area contributed by atoms with E-state index in [1.165, 1.54) is 0 Å². The van der Waals surface area contributed by atoms with Crippen molar-refractivity contribution in [2.75, 3.05) is 0 Å². The highest BCUT2D eigenvalue weighted by Crippen LogP contribution is 2.20. The second kappa shape index (κ2) is 7.40. The number of nitrogens with two attached hydrogens (primary N) is 1. The Balaban J connectivity index is 0.00000324. The third kappa shape index (κ3) is 5.12. The molecule has 0 spiro atoms. The van der Waals surface area contributed by atoms with Gasteiger partial charge in [0.25, 0.3) is 0 Å². The van der Waals surface area contributed by atoms with Crippen LogP contribution in [-0.4, -0.2) is 12.0 Å². The Labute approximate surface area is 120 Å². The number of rotatable bonds is 3. The van der Waals surface area contributed by atoms with Gasteiger partial charge in [-0.2, -0.15) is 13.2 Å². The molecule has 0 aliphatic heterocycles. The molecular weight excluding hydrogens is 300 g/mol. The van der Waals surface area contributed by atoms with Crippen molar-refractivity contribution >= 4 is 23.0 Å². The molecule has 0 amide bonds. The SMILES string of the molecule is CC/C(=C(Cl)\[NH+]=C(\N)C(F)(F)F)c1ccccc1.[Cl-]. The molecule has 0 bridgehead atoms. The molecular formula is C12H13Cl2F3N2. The molecule has 0 saturated carbocycles. The van der Waals surface area contributed by atoms with Crippen LogP contribution in [0, 0.1) is 0 Å². The lowest BCUT2D eigenvalue weighted by molar-refractivity contribution is -0.396. The summed E-state index contributed by atoms with van der Waals surface area (Å²) in [5, 5.41) is -0.112. The largest absolute Gasteiger partial charge is 1.00 e. The second-order valence-electron chi connectivity index (χ2n) is 3.55. The molecule has 0 fully saturated rings. The Morgan fingerprint density at radius 2 is 1.79 bits per heavy atom. The van der Waals surface area contributed by atoms with Gasteiger partial charge in [0.2, 0.25) is 0 Å². The number of hydrogen-bond acceptors (Lipinski definition) is 0. The number of amidine groups is 1. The van der Waals surface area contributed by atoms with E-state index in [0.717, 1.165) is 5.56 Å². The predicted molar refractivity (Wildman–Crippen MR) is 65.7 cm³/mol. The van der Waals surface area contributed by atoms with Crippen LogP contribution in [-0.2, 0) is 0 Å². The van der Waals surface area contributed by atoms with Crippen LogP contribution in [0.4, 0.5) is 13.2 Å². The number of allylic oxidation sites excluding steroid dienone is 1. The van der Waals surface area contributed by atoms with E-state index >= 15 is 0 Å². The molecule has 0 aliphatic carbocycles. The Bertz CT molecular complexity index is 468. The van der Waals surface area contributed by atoms with Crippen molar-refractivity contribution in [3.8, 4) is 0 Å². The van der Waals surface area contributed by atoms with E-state index in [1.807, 2.05) is 11.1 Å². The first-order valence-electron chi connectivity index (χ1n) is 5.27. The molecule has 0 aliphatic rings. The Morgan fingerprint density at radius 3 is 2.21 bits per heavy atom. The van der Waals surface area contributed by atoms with Gasteiger partial charge in [-0.3, -0.25) is 5.73 Å². The number of nitrogens with one attached hydrogen (secondary N) is 1. The second-order valence-corrected chi connectivity index (χ2v) is 3.93. The molecule has 1 aromatic rings. The Morgan fingerprint density at radius 1 is 1.26 bits per heavy atom. The highest BCUT2D eigenvalue weighted by atomic mass is 35.5. The Kier molecular flexibility index (Phi) is 6.94. The highest BCUT2D eigenvalue weighted by Gasteiger charge is 2.39. The van der Waals surface area contributed by atoms with Crippen LogP contribution in [0.1, 0.15) is 18.9 Å². The highest BCUT2D eigenvalue weighted by molar-refractivity contribution is 6.30. The van der Waals surface area contributed by atoms with Crippen molar-refractivity contribution in [3.63, 3.8) is 0 Å². The van der Waals surface area contributed by atoms with Crippen LogP contribution in [0.2, 0.25) is 0 Å². The van der Waals surface area contributed by atoms with E-state index in [4.69, 9.17) is 17.3 Å². The van der Waals surface area contributed by atoms with E-state index in [2.05, 4.69) is 0 Å². The fraction of sp³-hybridized carbons (Fsp3) is 0.250. The summed E-state index contributed by atoms with van der Waals surface area (Å²) in [6, 6.07) is 8.92. The van der Waals surface area contributed by atoms with Crippen LogP contribution in [0.25, 0.3) is 5.57 Å². The first kappa shape index (κ1) is 17.8. The lowest BCUT2D eigenvalue weighted by Crippen LogP contribution is -3.00. The van der Waals surface area contributed by atoms with E-state index in [0.29, 0.717) is 12.0 Å². The summed E-state index contributed by atoms with van der Waals surface area (Å²) in [6.45, 7) is 1.80. The zero-order valence-corrected chi connectivity index (χ0v) is 11.6. The fourth-order valence-corrected chi connectivity index (χ4v) is 1.73. The molecule has 3 N–H and O–H groups in total. The minimum absolute atomic E-state index is 0. The maximum absolute atomic E-state index is 12.3. The maximum atomic E-state index is 12.3. The van der Waals surface area contributed by atoms with Crippen molar-refractivity contribution < 1.29 is 30.6 Å². The van der Waals surface area contributed by atoms with Crippen molar-refractivity contribution in [2.24, 2.45) is 5.73 Å². The average Bonchev–Trinajstić information content (AvgIpc) is 2.30. The van der Waals surface area contributed by atoms with E-state index in [1.54, 1.807) is 31.2 Å². The lowest BCUT2D eigenvalue weighted by atomic mass is 10.1. The number of benzene rings is 1. The summed E-state index contributed by atoms with van der Waals surface area (Å²) in [6.07, 6.45) is -4.13. The summed E-state index contributed by atoms with van der Waals surface area (Å²) < 4.78 is 36.8. The van der Waals surface area contributed by atoms with Gasteiger partial charge in [0.05, 0.1) is 0 Å². The average molecular weight is 313 g/mol. The van der Waals surface area contributed by atoms with Gasteiger partial charge >= 0.3 is 12.0 Å². The van der Waals surface area contributed by atoms with Gasteiger partial charge < -0.3 is 12.4 Å². The monoisotopic (exact) mass is 312 g/mol. The molecule has 19 heavy (non-hydrogen) atoms. The summed E-state index contributed by atoms with van der Waals surface area (Å²) in [7, 11) is 0. The van der Waals surface area contributed by atoms with E-state index in [-0.39, 0.29) is 17.6 Å². The minimum atomic E-state index is -4.62. The van der Waals surface area contributed by atoms with Crippen LogP contribution in [0.15, 0.2) is 35.5 Å². The third-order valence-electron chi connectivity index (χ3n) is 2.29. The summed E-state index contributed by atoms with van der Waals surface area (Å²) in [5.41, 5.74) is 6.21. The Hall–Kier alpha value is -1.20. The topological polar surface area (TPSA) is 40.0 Å². The molecule has 106 valence electrons. The van der Waals surface area contributed by atoms with E-state index < -0.39 is 12.0 Å². The van der Waals surface area contributed by atoms with Crippen LogP contribution >= 0.6 is 11.6 Å². The molecule has 7 heteroatoms. The van der Waals surface area contributed by atoms with Gasteiger partial charge in [-0.25, -0.2) is 4.99 Å². The van der Waals surface area contributed by atoms with Crippen molar-refractivity contribution in [2.45, 2.75) is 19.5 Å². The number of alkyl halides is 3. The van der Waals surface area contributed by atoms with Crippen molar-refractivity contribution in [1.29, 1.82) is 0 Å². The van der Waals surface area contributed by atoms with Gasteiger partial charge in [0.1, 0.15) is 0 Å². The number of hydrogen-bond donors (Lipinski definition) is 2. The molecule has 1 aromatic carbocycles. The minimum Gasteiger partial charge on any atom is -1.00 e. The molecule has 0 radical (unpaired) electrons.